The fourth-order valence-corrected chi connectivity index (χ4v) is 3.85. The summed E-state index contributed by atoms with van der Waals surface area (Å²) < 4.78 is 33.7. The van der Waals surface area contributed by atoms with Gasteiger partial charge in [-0.25, -0.2) is 8.78 Å². The van der Waals surface area contributed by atoms with Crippen LogP contribution in [0.3, 0.4) is 0 Å². The number of hydrogen-bond donors (Lipinski definition) is 3. The molecule has 0 aliphatic heterocycles. The van der Waals surface area contributed by atoms with Crippen LogP contribution in [0.15, 0.2) is 66.9 Å². The molecule has 180 valence electrons. The highest BCUT2D eigenvalue weighted by Gasteiger charge is 2.56. The van der Waals surface area contributed by atoms with Gasteiger partial charge in [-0.05, 0) is 60.8 Å². The summed E-state index contributed by atoms with van der Waals surface area (Å²) in [7, 11) is 1.73. The van der Waals surface area contributed by atoms with Crippen molar-refractivity contribution in [2.45, 2.75) is 12.8 Å². The van der Waals surface area contributed by atoms with Gasteiger partial charge in [0.1, 0.15) is 30.6 Å². The van der Waals surface area contributed by atoms with E-state index in [0.29, 0.717) is 40.6 Å². The number of anilines is 2. The second kappa shape index (κ2) is 8.96. The Morgan fingerprint density at radius 2 is 1.58 bits per heavy atom. The zero-order chi connectivity index (χ0) is 25.4. The van der Waals surface area contributed by atoms with Gasteiger partial charge in [-0.15, -0.1) is 0 Å². The Hall–Kier alpha value is -4.47. The highest BCUT2D eigenvalue weighted by molar-refractivity contribution is 6.35. The lowest BCUT2D eigenvalue weighted by molar-refractivity contribution is -0.131. The Labute approximate surface area is 205 Å². The number of nitrogens with one attached hydrogen (secondary N) is 2. The van der Waals surface area contributed by atoms with E-state index in [-0.39, 0.29) is 17.2 Å². The number of pyridine rings is 1. The Morgan fingerprint density at radius 3 is 2.25 bits per heavy atom. The summed E-state index contributed by atoms with van der Waals surface area (Å²) in [6, 6.07) is 14.0. The van der Waals surface area contributed by atoms with E-state index in [2.05, 4.69) is 15.6 Å². The summed E-state index contributed by atoms with van der Waals surface area (Å²) in [5, 5.41) is 15.7. The first-order valence-electron chi connectivity index (χ1n) is 11.2. The van der Waals surface area contributed by atoms with E-state index in [9.17, 15) is 23.5 Å². The number of ether oxygens (including phenoxy) is 1. The number of carbonyl (C=O) groups is 2. The van der Waals surface area contributed by atoms with E-state index in [1.807, 2.05) is 0 Å². The van der Waals surface area contributed by atoms with Crippen LogP contribution in [0.2, 0.25) is 0 Å². The van der Waals surface area contributed by atoms with Gasteiger partial charge in [-0.1, -0.05) is 6.07 Å². The molecule has 0 spiro atoms. The average molecular weight is 487 g/mol. The van der Waals surface area contributed by atoms with Crippen molar-refractivity contribution in [1.29, 1.82) is 0 Å². The normalized spacial score (nSPS) is 13.7. The third kappa shape index (κ3) is 4.45. The summed E-state index contributed by atoms with van der Waals surface area (Å²) in [6.45, 7) is 0. The van der Waals surface area contributed by atoms with Crippen molar-refractivity contribution >= 4 is 47.4 Å². The van der Waals surface area contributed by atoms with Crippen molar-refractivity contribution in [2.75, 3.05) is 10.6 Å². The molecule has 5 rings (SSSR count). The van der Waals surface area contributed by atoms with E-state index in [1.165, 1.54) is 48.7 Å². The summed E-state index contributed by atoms with van der Waals surface area (Å²) in [6.07, 6.45) is 2.18. The summed E-state index contributed by atoms with van der Waals surface area (Å²) in [5.41, 5.74) is 0.400. The maximum absolute atomic E-state index is 14.9. The van der Waals surface area contributed by atoms with Crippen molar-refractivity contribution in [3.8, 4) is 17.2 Å². The van der Waals surface area contributed by atoms with Crippen molar-refractivity contribution < 1.29 is 28.2 Å². The van der Waals surface area contributed by atoms with Crippen LogP contribution in [0.4, 0.5) is 20.2 Å². The molecular formula is C26H20BF2N3O4. The summed E-state index contributed by atoms with van der Waals surface area (Å²) in [5.74, 6) is -1.82. The smallest absolute Gasteiger partial charge is 0.240 e. The molecule has 1 aliphatic rings. The van der Waals surface area contributed by atoms with Gasteiger partial charge in [0.2, 0.25) is 11.8 Å². The van der Waals surface area contributed by atoms with Gasteiger partial charge >= 0.3 is 0 Å². The molecule has 36 heavy (non-hydrogen) atoms. The number of aromatic nitrogens is 1. The van der Waals surface area contributed by atoms with Crippen LogP contribution in [-0.4, -0.2) is 29.8 Å². The van der Waals surface area contributed by atoms with E-state index >= 15 is 0 Å². The molecule has 7 nitrogen and oxygen atoms in total. The van der Waals surface area contributed by atoms with Crippen LogP contribution >= 0.6 is 0 Å². The minimum absolute atomic E-state index is 0.0681. The van der Waals surface area contributed by atoms with Gasteiger partial charge in [0.15, 0.2) is 11.6 Å². The highest BCUT2D eigenvalue weighted by atomic mass is 19.1. The van der Waals surface area contributed by atoms with E-state index < -0.39 is 28.9 Å². The minimum atomic E-state index is -1.26. The number of amides is 2. The van der Waals surface area contributed by atoms with E-state index in [1.54, 1.807) is 20.0 Å². The second-order valence-corrected chi connectivity index (χ2v) is 8.71. The minimum Gasteiger partial charge on any atom is -0.508 e. The third-order valence-electron chi connectivity index (χ3n) is 6.15. The topological polar surface area (TPSA) is 101 Å². The second-order valence-electron chi connectivity index (χ2n) is 8.71. The molecule has 1 aliphatic carbocycles. The van der Waals surface area contributed by atoms with Crippen LogP contribution < -0.4 is 20.8 Å². The Bertz CT molecular complexity index is 1510. The van der Waals surface area contributed by atoms with Crippen LogP contribution in [0.5, 0.6) is 17.2 Å². The molecular weight excluding hydrogens is 467 g/mol. The number of phenolic OH excluding ortho intramolecular Hbond substituents is 1. The molecule has 1 saturated carbocycles. The maximum Gasteiger partial charge on any atom is 0.240 e. The largest absolute Gasteiger partial charge is 0.508 e. The van der Waals surface area contributed by atoms with Gasteiger partial charge in [-0.3, -0.25) is 14.6 Å². The third-order valence-corrected chi connectivity index (χ3v) is 6.15. The number of benzene rings is 3. The number of fused-ring (bicyclic) bond motifs is 1. The molecule has 10 heteroatoms. The SMILES string of the molecule is Bc1cc2c(Oc3ccc(NC(=O)C4(C(=O)Nc5ccc(F)cc5)CC4)cc3F)ccnc2cc1O. The van der Waals surface area contributed by atoms with Crippen molar-refractivity contribution in [1.82, 2.24) is 4.98 Å². The molecule has 1 aromatic heterocycles. The van der Waals surface area contributed by atoms with Crippen LogP contribution in [0, 0.1) is 17.0 Å². The Kier molecular flexibility index (Phi) is 5.79. The molecule has 4 aromatic rings. The van der Waals surface area contributed by atoms with E-state index in [0.717, 1.165) is 6.07 Å². The zero-order valence-corrected chi connectivity index (χ0v) is 19.1. The molecule has 0 radical (unpaired) electrons. The Morgan fingerprint density at radius 1 is 0.917 bits per heavy atom. The predicted octanol–water partition coefficient (Wildman–Crippen LogP) is 3.63. The number of rotatable bonds is 6. The molecule has 0 unspecified atom stereocenters. The lowest BCUT2D eigenvalue weighted by atomic mass is 9.93. The molecule has 0 saturated heterocycles. The molecule has 0 atom stereocenters. The van der Waals surface area contributed by atoms with Gasteiger partial charge in [-0.2, -0.15) is 0 Å². The lowest BCUT2D eigenvalue weighted by Gasteiger charge is -2.16. The fourth-order valence-electron chi connectivity index (χ4n) is 3.85. The maximum atomic E-state index is 14.9. The summed E-state index contributed by atoms with van der Waals surface area (Å²) in [4.78, 5) is 29.8. The first-order valence-corrected chi connectivity index (χ1v) is 11.2. The monoisotopic (exact) mass is 487 g/mol. The number of carbonyl (C=O) groups excluding carboxylic acids is 2. The number of nitrogens with zero attached hydrogens (tertiary/aromatic N) is 1. The number of aromatic hydroxyl groups is 1. The van der Waals surface area contributed by atoms with Gasteiger partial charge < -0.3 is 20.5 Å². The van der Waals surface area contributed by atoms with Crippen LogP contribution in [0.1, 0.15) is 12.8 Å². The highest BCUT2D eigenvalue weighted by Crippen LogP contribution is 2.47. The van der Waals surface area contributed by atoms with Crippen LogP contribution in [-0.2, 0) is 9.59 Å². The first kappa shape index (κ1) is 23.3. The summed E-state index contributed by atoms with van der Waals surface area (Å²) >= 11 is 0. The molecule has 0 bridgehead atoms. The molecule has 1 heterocycles. The van der Waals surface area contributed by atoms with E-state index in [4.69, 9.17) is 4.74 Å². The molecule has 3 N–H and O–H groups in total. The van der Waals surface area contributed by atoms with Crippen molar-refractivity contribution in [3.63, 3.8) is 0 Å². The number of halogens is 2. The lowest BCUT2D eigenvalue weighted by Crippen LogP contribution is -2.35. The molecule has 3 aromatic carbocycles. The Balaban J connectivity index is 1.30. The average Bonchev–Trinajstić information content (AvgIpc) is 3.66. The van der Waals surface area contributed by atoms with Crippen molar-refractivity contribution in [3.05, 3.63) is 78.5 Å². The molecule has 2 amide bonds. The van der Waals surface area contributed by atoms with Crippen LogP contribution in [0.25, 0.3) is 10.9 Å². The zero-order valence-electron chi connectivity index (χ0n) is 19.1. The number of hydrogen-bond acceptors (Lipinski definition) is 5. The predicted molar refractivity (Wildman–Crippen MR) is 133 cm³/mol. The van der Waals surface area contributed by atoms with Crippen molar-refractivity contribution in [2.24, 2.45) is 5.41 Å². The fraction of sp³-hybridized carbons (Fsp3) is 0.115. The number of phenols is 1. The molecule has 1 fully saturated rings. The van der Waals surface area contributed by atoms with Gasteiger partial charge in [0.25, 0.3) is 0 Å². The van der Waals surface area contributed by atoms with Gasteiger partial charge in [0.05, 0.1) is 5.52 Å². The standard InChI is InChI=1S/C26H20BF2N3O4/c27-18-12-17-20(13-21(18)33)30-10-7-22(17)36-23-6-5-16(11-19(23)29)32-25(35)26(8-9-26)24(34)31-15-3-1-14(28)2-4-15/h1-7,10-13,33H,8-9,27H2,(H,31,34)(H,32,35). The first-order chi connectivity index (χ1) is 17.2. The quantitative estimate of drug-likeness (QED) is 0.285. The van der Waals surface area contributed by atoms with Gasteiger partial charge in [0, 0.05) is 35.1 Å².